The van der Waals surface area contributed by atoms with Crippen molar-refractivity contribution in [3.63, 3.8) is 0 Å². The van der Waals surface area contributed by atoms with E-state index in [4.69, 9.17) is 23.9 Å². The summed E-state index contributed by atoms with van der Waals surface area (Å²) >= 11 is 1.57. The van der Waals surface area contributed by atoms with Gasteiger partial charge in [0.2, 0.25) is 5.75 Å². The van der Waals surface area contributed by atoms with Crippen molar-refractivity contribution in [2.24, 2.45) is 4.99 Å². The zero-order valence-electron chi connectivity index (χ0n) is 19.8. The van der Waals surface area contributed by atoms with E-state index in [-0.39, 0.29) is 5.91 Å². The van der Waals surface area contributed by atoms with Crippen molar-refractivity contribution < 1.29 is 23.7 Å². The summed E-state index contributed by atoms with van der Waals surface area (Å²) in [6.45, 7) is 2.43. The lowest BCUT2D eigenvalue weighted by Crippen LogP contribution is -2.14. The first-order valence-corrected chi connectivity index (χ1v) is 11.9. The van der Waals surface area contributed by atoms with Crippen molar-refractivity contribution in [2.75, 3.05) is 33.3 Å². The molecule has 1 aliphatic rings. The molecule has 1 heterocycles. The molecule has 4 rings (SSSR count). The fraction of sp³-hybridized carbons (Fsp3) is 0.308. The third kappa shape index (κ3) is 4.59. The summed E-state index contributed by atoms with van der Waals surface area (Å²) in [6.07, 6.45) is 4.58. The molecule has 1 N–H and O–H groups in total. The number of carbonyl (C=O) groups is 1. The summed E-state index contributed by atoms with van der Waals surface area (Å²) in [5, 5.41) is 3.70. The first-order valence-electron chi connectivity index (χ1n) is 11.1. The predicted octanol–water partition coefficient (Wildman–Crippen LogP) is 5.66. The van der Waals surface area contributed by atoms with Crippen LogP contribution < -0.4 is 24.3 Å². The lowest BCUT2D eigenvalue weighted by molar-refractivity contribution is 0.102. The predicted molar refractivity (Wildman–Crippen MR) is 135 cm³/mol. The molecule has 178 valence electrons. The minimum absolute atomic E-state index is 0.182. The van der Waals surface area contributed by atoms with Gasteiger partial charge < -0.3 is 24.3 Å². The highest BCUT2D eigenvalue weighted by atomic mass is 32.1. The number of rotatable bonds is 9. The molecule has 0 atom stereocenters. The molecule has 0 spiro atoms. The molecular formula is C26H28N2O5S. The second-order valence-electron chi connectivity index (χ2n) is 7.60. The molecule has 1 aromatic heterocycles. The molecule has 0 saturated heterocycles. The Labute approximate surface area is 203 Å². The topological polar surface area (TPSA) is 78.4 Å². The van der Waals surface area contributed by atoms with Gasteiger partial charge >= 0.3 is 0 Å². The summed E-state index contributed by atoms with van der Waals surface area (Å²) in [5.74, 6) is 2.04. The van der Waals surface area contributed by atoms with Gasteiger partial charge in [-0.3, -0.25) is 4.79 Å². The number of methoxy groups -OCH3 is 3. The third-order valence-corrected chi connectivity index (χ3v) is 6.82. The van der Waals surface area contributed by atoms with Crippen molar-refractivity contribution in [2.45, 2.75) is 26.2 Å². The zero-order valence-corrected chi connectivity index (χ0v) is 20.6. The van der Waals surface area contributed by atoms with Crippen molar-refractivity contribution >= 4 is 34.1 Å². The molecule has 0 unspecified atom stereocenters. The van der Waals surface area contributed by atoms with Crippen molar-refractivity contribution in [3.05, 3.63) is 58.0 Å². The average molecular weight is 481 g/mol. The average Bonchev–Trinajstić information content (AvgIpc) is 3.44. The van der Waals surface area contributed by atoms with Crippen LogP contribution in [0.5, 0.6) is 23.0 Å². The third-order valence-electron chi connectivity index (χ3n) is 5.62. The van der Waals surface area contributed by atoms with Gasteiger partial charge in [0, 0.05) is 16.7 Å². The Morgan fingerprint density at radius 3 is 2.56 bits per heavy atom. The number of nitrogens with zero attached hydrogens (tertiary/aromatic N) is 1. The van der Waals surface area contributed by atoms with E-state index in [0.29, 0.717) is 45.9 Å². The lowest BCUT2D eigenvalue weighted by Gasteiger charge is -2.13. The van der Waals surface area contributed by atoms with Gasteiger partial charge in [-0.2, -0.15) is 0 Å². The number of aliphatic imine (C=N–C) groups is 1. The number of benzene rings is 2. The van der Waals surface area contributed by atoms with Crippen LogP contribution in [-0.2, 0) is 12.8 Å². The van der Waals surface area contributed by atoms with E-state index < -0.39 is 0 Å². The molecule has 34 heavy (non-hydrogen) atoms. The van der Waals surface area contributed by atoms with Crippen LogP contribution in [0.25, 0.3) is 0 Å². The first-order chi connectivity index (χ1) is 16.6. The number of hydrogen-bond acceptors (Lipinski definition) is 7. The van der Waals surface area contributed by atoms with E-state index in [1.165, 1.54) is 4.88 Å². The Bertz CT molecular complexity index is 1220. The van der Waals surface area contributed by atoms with Crippen LogP contribution in [0.3, 0.4) is 0 Å². The van der Waals surface area contributed by atoms with Gasteiger partial charge in [-0.05, 0) is 56.0 Å². The van der Waals surface area contributed by atoms with Gasteiger partial charge in [0.25, 0.3) is 5.91 Å². The molecule has 8 heteroatoms. The minimum atomic E-state index is -0.182. The zero-order chi connectivity index (χ0) is 24.1. The maximum Gasteiger partial charge on any atom is 0.259 e. The van der Waals surface area contributed by atoms with Gasteiger partial charge in [0.05, 0.1) is 39.2 Å². The number of ether oxygens (including phenoxy) is 4. The molecule has 0 radical (unpaired) electrons. The fourth-order valence-electron chi connectivity index (χ4n) is 4.11. The summed E-state index contributed by atoms with van der Waals surface area (Å²) in [6, 6.07) is 11.1. The summed E-state index contributed by atoms with van der Waals surface area (Å²) in [4.78, 5) is 19.4. The Kier molecular flexibility index (Phi) is 7.37. The fourth-order valence-corrected chi connectivity index (χ4v) is 5.34. The Morgan fingerprint density at radius 2 is 1.82 bits per heavy atom. The van der Waals surface area contributed by atoms with E-state index in [9.17, 15) is 4.79 Å². The standard InChI is InChI=1S/C26H28N2O5S/c1-5-33-19-11-7-6-10-18(19)28-25(29)22-17-9-8-12-21(17)34-26(22)27-15-16-13-14-20(30-2)24(32-4)23(16)31-3/h6-7,10-11,13-15H,5,8-9,12H2,1-4H3,(H,28,29). The number of amides is 1. The van der Waals surface area contributed by atoms with Gasteiger partial charge in [-0.1, -0.05) is 12.1 Å². The summed E-state index contributed by atoms with van der Waals surface area (Å²) < 4.78 is 22.1. The largest absolute Gasteiger partial charge is 0.493 e. The van der Waals surface area contributed by atoms with Crippen LogP contribution in [0, 0.1) is 0 Å². The highest BCUT2D eigenvalue weighted by molar-refractivity contribution is 7.16. The number of anilines is 1. The SMILES string of the molecule is CCOc1ccccc1NC(=O)c1c(N=Cc2ccc(OC)c(OC)c2OC)sc2c1CCC2. The number of fused-ring (bicyclic) bond motifs is 1. The minimum Gasteiger partial charge on any atom is -0.493 e. The number of para-hydroxylation sites is 2. The summed E-state index contributed by atoms with van der Waals surface area (Å²) in [7, 11) is 4.71. The quantitative estimate of drug-likeness (QED) is 0.400. The van der Waals surface area contributed by atoms with E-state index >= 15 is 0 Å². The van der Waals surface area contributed by atoms with Gasteiger partial charge in [0.15, 0.2) is 11.5 Å². The Morgan fingerprint density at radius 1 is 1.03 bits per heavy atom. The van der Waals surface area contributed by atoms with Gasteiger partial charge in [0.1, 0.15) is 10.8 Å². The lowest BCUT2D eigenvalue weighted by atomic mass is 10.1. The Hall–Kier alpha value is -3.52. The van der Waals surface area contributed by atoms with Gasteiger partial charge in [-0.25, -0.2) is 4.99 Å². The smallest absolute Gasteiger partial charge is 0.259 e. The van der Waals surface area contributed by atoms with Crippen LogP contribution in [0.4, 0.5) is 10.7 Å². The molecule has 7 nitrogen and oxygen atoms in total. The maximum absolute atomic E-state index is 13.4. The summed E-state index contributed by atoms with van der Waals surface area (Å²) in [5.41, 5.74) is 3.08. The molecular weight excluding hydrogens is 452 g/mol. The molecule has 0 aliphatic heterocycles. The van der Waals surface area contributed by atoms with Crippen LogP contribution in [0.15, 0.2) is 41.4 Å². The molecule has 0 bridgehead atoms. The number of hydrogen-bond donors (Lipinski definition) is 1. The van der Waals surface area contributed by atoms with Crippen LogP contribution in [-0.4, -0.2) is 40.1 Å². The van der Waals surface area contributed by atoms with Crippen molar-refractivity contribution in [1.29, 1.82) is 0 Å². The monoisotopic (exact) mass is 480 g/mol. The van der Waals surface area contributed by atoms with E-state index in [0.717, 1.165) is 30.4 Å². The van der Waals surface area contributed by atoms with Crippen molar-refractivity contribution in [1.82, 2.24) is 0 Å². The maximum atomic E-state index is 13.4. The highest BCUT2D eigenvalue weighted by Crippen LogP contribution is 2.43. The second-order valence-corrected chi connectivity index (χ2v) is 8.69. The number of aryl methyl sites for hydroxylation is 1. The van der Waals surface area contributed by atoms with Crippen LogP contribution in [0.1, 0.15) is 39.7 Å². The molecule has 2 aromatic carbocycles. The van der Waals surface area contributed by atoms with E-state index in [1.54, 1.807) is 44.9 Å². The normalized spacial score (nSPS) is 12.5. The molecule has 0 saturated carbocycles. The highest BCUT2D eigenvalue weighted by Gasteiger charge is 2.27. The number of thiophene rings is 1. The van der Waals surface area contributed by atoms with E-state index in [1.807, 2.05) is 37.3 Å². The van der Waals surface area contributed by atoms with Crippen LogP contribution in [0.2, 0.25) is 0 Å². The molecule has 0 fully saturated rings. The molecule has 3 aromatic rings. The number of carbonyl (C=O) groups excluding carboxylic acids is 1. The second kappa shape index (κ2) is 10.6. The van der Waals surface area contributed by atoms with Gasteiger partial charge in [-0.15, -0.1) is 11.3 Å². The van der Waals surface area contributed by atoms with Crippen molar-refractivity contribution in [3.8, 4) is 23.0 Å². The molecule has 1 aliphatic carbocycles. The first kappa shape index (κ1) is 23.6. The van der Waals surface area contributed by atoms with Crippen LogP contribution >= 0.6 is 11.3 Å². The Balaban J connectivity index is 1.69. The number of nitrogens with one attached hydrogen (secondary N) is 1. The van der Waals surface area contributed by atoms with E-state index in [2.05, 4.69) is 5.32 Å². The molecule has 1 amide bonds.